The van der Waals surface area contributed by atoms with Crippen molar-refractivity contribution in [3.05, 3.63) is 41.1 Å². The summed E-state index contributed by atoms with van der Waals surface area (Å²) in [6.45, 7) is 6.20. The van der Waals surface area contributed by atoms with Crippen molar-refractivity contribution in [2.24, 2.45) is 0 Å². The molecule has 0 saturated heterocycles. The summed E-state index contributed by atoms with van der Waals surface area (Å²) < 4.78 is 15.9. The lowest BCUT2D eigenvalue weighted by Gasteiger charge is -2.10. The van der Waals surface area contributed by atoms with Crippen molar-refractivity contribution in [2.45, 2.75) is 33.1 Å². The van der Waals surface area contributed by atoms with Crippen LogP contribution in [0.25, 0.3) is 0 Å². The number of amides is 1. The second-order valence-corrected chi connectivity index (χ2v) is 5.80. The minimum Gasteiger partial charge on any atom is -0.493 e. The van der Waals surface area contributed by atoms with Crippen LogP contribution in [0.3, 0.4) is 0 Å². The maximum atomic E-state index is 12.3. The predicted octanol–water partition coefficient (Wildman–Crippen LogP) is 3.10. The molecule has 0 spiro atoms. The van der Waals surface area contributed by atoms with E-state index in [0.717, 1.165) is 5.56 Å². The van der Waals surface area contributed by atoms with Crippen LogP contribution in [0.1, 0.15) is 47.5 Å². The van der Waals surface area contributed by atoms with Crippen LogP contribution in [0.4, 0.5) is 0 Å². The normalized spacial score (nSPS) is 10.8. The Balaban J connectivity index is 1.98. The van der Waals surface area contributed by atoms with E-state index in [-0.39, 0.29) is 11.8 Å². The Morgan fingerprint density at radius 3 is 2.58 bits per heavy atom. The summed E-state index contributed by atoms with van der Waals surface area (Å²) in [6.07, 6.45) is 0.677. The summed E-state index contributed by atoms with van der Waals surface area (Å²) in [4.78, 5) is 16.6. The van der Waals surface area contributed by atoms with Gasteiger partial charge in [-0.1, -0.05) is 19.9 Å². The highest BCUT2D eigenvalue weighted by Gasteiger charge is 2.20. The monoisotopic (exact) mass is 332 g/mol. The summed E-state index contributed by atoms with van der Waals surface area (Å²) in [6, 6.07) is 5.71. The Bertz CT molecular complexity index is 707. The van der Waals surface area contributed by atoms with Crippen LogP contribution in [0.5, 0.6) is 11.5 Å². The fourth-order valence-electron chi connectivity index (χ4n) is 2.43. The molecule has 6 heteroatoms. The molecule has 1 aromatic heterocycles. The van der Waals surface area contributed by atoms with Gasteiger partial charge in [0.2, 0.25) is 5.76 Å². The summed E-state index contributed by atoms with van der Waals surface area (Å²) in [5, 5.41) is 2.88. The maximum Gasteiger partial charge on any atom is 0.289 e. The highest BCUT2D eigenvalue weighted by molar-refractivity contribution is 5.92. The van der Waals surface area contributed by atoms with Crippen molar-refractivity contribution >= 4 is 5.91 Å². The second-order valence-electron chi connectivity index (χ2n) is 5.80. The fraction of sp³-hybridized carbons (Fsp3) is 0.444. The van der Waals surface area contributed by atoms with Crippen LogP contribution in [0.2, 0.25) is 0 Å². The Morgan fingerprint density at radius 1 is 1.25 bits per heavy atom. The number of ether oxygens (including phenoxy) is 2. The number of aromatic nitrogens is 1. The van der Waals surface area contributed by atoms with Gasteiger partial charge >= 0.3 is 0 Å². The number of hydrogen-bond donors (Lipinski definition) is 1. The van der Waals surface area contributed by atoms with Crippen LogP contribution in [0.15, 0.2) is 22.6 Å². The zero-order valence-corrected chi connectivity index (χ0v) is 14.8. The van der Waals surface area contributed by atoms with E-state index in [4.69, 9.17) is 13.9 Å². The van der Waals surface area contributed by atoms with Gasteiger partial charge in [-0.25, -0.2) is 4.98 Å². The maximum absolute atomic E-state index is 12.3. The molecule has 1 amide bonds. The number of methoxy groups -OCH3 is 2. The van der Waals surface area contributed by atoms with Gasteiger partial charge in [0, 0.05) is 13.5 Å². The topological polar surface area (TPSA) is 73.6 Å². The molecule has 1 N–H and O–H groups in total. The summed E-state index contributed by atoms with van der Waals surface area (Å²) >= 11 is 0. The van der Waals surface area contributed by atoms with E-state index in [9.17, 15) is 4.79 Å². The Morgan fingerprint density at radius 2 is 1.96 bits per heavy atom. The minimum atomic E-state index is -0.236. The molecular formula is C18H24N2O4. The zero-order valence-electron chi connectivity index (χ0n) is 14.8. The highest BCUT2D eigenvalue weighted by atomic mass is 16.5. The van der Waals surface area contributed by atoms with Gasteiger partial charge in [0.05, 0.1) is 19.9 Å². The predicted molar refractivity (Wildman–Crippen MR) is 90.9 cm³/mol. The molecule has 0 radical (unpaired) electrons. The standard InChI is InChI=1S/C18H24N2O4/c1-11(2)16-17(24-12(3)20-16)18(21)19-9-8-13-6-7-14(22-4)15(10-13)23-5/h6-7,10-11H,8-9H2,1-5H3,(H,19,21). The van der Waals surface area contributed by atoms with Crippen molar-refractivity contribution in [1.82, 2.24) is 10.3 Å². The first-order chi connectivity index (χ1) is 11.5. The molecule has 1 heterocycles. The number of aryl methyl sites for hydroxylation is 1. The Kier molecular flexibility index (Phi) is 5.84. The zero-order chi connectivity index (χ0) is 17.7. The average molecular weight is 332 g/mol. The number of benzene rings is 1. The van der Waals surface area contributed by atoms with Gasteiger partial charge in [0.15, 0.2) is 17.4 Å². The number of nitrogens with one attached hydrogen (secondary N) is 1. The summed E-state index contributed by atoms with van der Waals surface area (Å²) in [5.41, 5.74) is 1.74. The average Bonchev–Trinajstić information content (AvgIpc) is 2.97. The van der Waals surface area contributed by atoms with E-state index in [1.807, 2.05) is 32.0 Å². The van der Waals surface area contributed by atoms with Crippen molar-refractivity contribution in [3.8, 4) is 11.5 Å². The second kappa shape index (κ2) is 7.86. The molecule has 0 aliphatic heterocycles. The minimum absolute atomic E-state index is 0.133. The van der Waals surface area contributed by atoms with Crippen molar-refractivity contribution in [2.75, 3.05) is 20.8 Å². The lowest BCUT2D eigenvalue weighted by molar-refractivity contribution is 0.0923. The number of carbonyl (C=O) groups excluding carboxylic acids is 1. The van der Waals surface area contributed by atoms with E-state index in [1.165, 1.54) is 0 Å². The molecule has 0 aliphatic rings. The molecular weight excluding hydrogens is 308 g/mol. The lowest BCUT2D eigenvalue weighted by Crippen LogP contribution is -2.26. The molecule has 0 unspecified atom stereocenters. The van der Waals surface area contributed by atoms with Crippen LogP contribution >= 0.6 is 0 Å². The molecule has 0 bridgehead atoms. The first-order valence-corrected chi connectivity index (χ1v) is 7.92. The molecule has 2 rings (SSSR count). The van der Waals surface area contributed by atoms with Crippen molar-refractivity contribution in [1.29, 1.82) is 0 Å². The summed E-state index contributed by atoms with van der Waals surface area (Å²) in [7, 11) is 3.20. The molecule has 130 valence electrons. The molecule has 0 saturated carbocycles. The van der Waals surface area contributed by atoms with Crippen LogP contribution < -0.4 is 14.8 Å². The van der Waals surface area contributed by atoms with Gasteiger partial charge in [0.25, 0.3) is 5.91 Å². The Hall–Kier alpha value is -2.50. The third-order valence-electron chi connectivity index (χ3n) is 3.66. The SMILES string of the molecule is COc1ccc(CCNC(=O)c2oc(C)nc2C(C)C)cc1OC. The molecule has 2 aromatic rings. The van der Waals surface area contributed by atoms with Gasteiger partial charge in [0.1, 0.15) is 0 Å². The number of nitrogens with zero attached hydrogens (tertiary/aromatic N) is 1. The molecule has 0 atom stereocenters. The molecule has 0 aliphatic carbocycles. The van der Waals surface area contributed by atoms with Gasteiger partial charge in [-0.15, -0.1) is 0 Å². The first kappa shape index (κ1) is 17.8. The molecule has 6 nitrogen and oxygen atoms in total. The highest BCUT2D eigenvalue weighted by Crippen LogP contribution is 2.27. The smallest absolute Gasteiger partial charge is 0.289 e. The van der Waals surface area contributed by atoms with Crippen molar-refractivity contribution in [3.63, 3.8) is 0 Å². The van der Waals surface area contributed by atoms with Gasteiger partial charge in [-0.3, -0.25) is 4.79 Å². The summed E-state index contributed by atoms with van der Waals surface area (Å²) in [5.74, 6) is 2.06. The van der Waals surface area contributed by atoms with Gasteiger partial charge in [-0.05, 0) is 30.0 Å². The van der Waals surface area contributed by atoms with Crippen LogP contribution in [0, 0.1) is 6.92 Å². The number of oxazole rings is 1. The first-order valence-electron chi connectivity index (χ1n) is 7.92. The van der Waals surface area contributed by atoms with E-state index in [0.29, 0.717) is 41.8 Å². The lowest BCUT2D eigenvalue weighted by atomic mass is 10.1. The quantitative estimate of drug-likeness (QED) is 0.843. The fourth-order valence-corrected chi connectivity index (χ4v) is 2.43. The van der Waals surface area contributed by atoms with Crippen molar-refractivity contribution < 1.29 is 18.7 Å². The molecule has 1 aromatic carbocycles. The number of rotatable bonds is 7. The van der Waals surface area contributed by atoms with Crippen LogP contribution in [-0.2, 0) is 6.42 Å². The third kappa shape index (κ3) is 4.07. The number of carbonyl (C=O) groups is 1. The van der Waals surface area contributed by atoms with E-state index in [1.54, 1.807) is 21.1 Å². The molecule has 0 fully saturated rings. The largest absolute Gasteiger partial charge is 0.493 e. The van der Waals surface area contributed by atoms with Gasteiger partial charge in [-0.2, -0.15) is 0 Å². The van der Waals surface area contributed by atoms with E-state index < -0.39 is 0 Å². The third-order valence-corrected chi connectivity index (χ3v) is 3.66. The van der Waals surface area contributed by atoms with Gasteiger partial charge < -0.3 is 19.2 Å². The molecule has 24 heavy (non-hydrogen) atoms. The Labute approximate surface area is 142 Å². The van der Waals surface area contributed by atoms with E-state index in [2.05, 4.69) is 10.3 Å². The van der Waals surface area contributed by atoms with E-state index >= 15 is 0 Å². The number of hydrogen-bond acceptors (Lipinski definition) is 5. The van der Waals surface area contributed by atoms with Crippen LogP contribution in [-0.4, -0.2) is 31.7 Å².